The third-order valence-electron chi connectivity index (χ3n) is 2.40. The van der Waals surface area contributed by atoms with Crippen molar-refractivity contribution in [3.05, 3.63) is 0 Å². The highest BCUT2D eigenvalue weighted by Crippen LogP contribution is 2.10. The van der Waals surface area contributed by atoms with E-state index in [4.69, 9.17) is 5.11 Å². The average molecular weight is 243 g/mol. The smallest absolute Gasteiger partial charge is 0.325 e. The molecule has 2 atom stereocenters. The number of carboxylic acids is 1. The summed E-state index contributed by atoms with van der Waals surface area (Å²) in [6, 6.07) is -2.78. The van der Waals surface area contributed by atoms with E-state index in [2.05, 4.69) is 10.6 Å². The molecule has 1 aliphatic rings. The van der Waals surface area contributed by atoms with Crippen molar-refractivity contribution >= 4 is 23.8 Å². The zero-order chi connectivity index (χ0) is 13.2. The fourth-order valence-corrected chi connectivity index (χ4v) is 1.33. The molecule has 4 amide bonds. The van der Waals surface area contributed by atoms with Crippen LogP contribution in [0.5, 0.6) is 0 Å². The number of amides is 4. The van der Waals surface area contributed by atoms with Crippen LogP contribution >= 0.6 is 0 Å². The molecule has 1 rings (SSSR count). The van der Waals surface area contributed by atoms with Crippen LogP contribution in [0, 0.1) is 0 Å². The molecule has 17 heavy (non-hydrogen) atoms. The number of likely N-dealkylation sites (tertiary alicyclic amines) is 1. The summed E-state index contributed by atoms with van der Waals surface area (Å²) < 4.78 is 0. The maximum atomic E-state index is 11.4. The van der Waals surface area contributed by atoms with E-state index in [9.17, 15) is 19.2 Å². The molecule has 1 saturated heterocycles. The first-order valence-electron chi connectivity index (χ1n) is 4.93. The predicted octanol–water partition coefficient (Wildman–Crippen LogP) is -1.48. The van der Waals surface area contributed by atoms with Gasteiger partial charge in [0.25, 0.3) is 5.91 Å². The minimum atomic E-state index is -1.19. The Labute approximate surface area is 97.0 Å². The highest BCUT2D eigenvalue weighted by molar-refractivity contribution is 6.06. The summed E-state index contributed by atoms with van der Waals surface area (Å²) in [6.07, 6.45) is -0.107. The van der Waals surface area contributed by atoms with E-state index >= 15 is 0 Å². The topological polar surface area (TPSA) is 116 Å². The van der Waals surface area contributed by atoms with E-state index < -0.39 is 30.0 Å². The molecule has 0 bridgehead atoms. The van der Waals surface area contributed by atoms with Crippen molar-refractivity contribution in [1.29, 1.82) is 0 Å². The summed E-state index contributed by atoms with van der Waals surface area (Å²) >= 11 is 0. The number of carboxylic acid groups (broad SMARTS) is 1. The fourth-order valence-electron chi connectivity index (χ4n) is 1.33. The first-order chi connectivity index (χ1) is 7.82. The highest BCUT2D eigenvalue weighted by atomic mass is 16.4. The molecule has 1 heterocycles. The summed E-state index contributed by atoms with van der Waals surface area (Å²) in [4.78, 5) is 45.3. The van der Waals surface area contributed by atoms with Gasteiger partial charge in [0.1, 0.15) is 12.1 Å². The highest BCUT2D eigenvalue weighted by Gasteiger charge is 2.37. The third-order valence-corrected chi connectivity index (χ3v) is 2.40. The molecule has 3 N–H and O–H groups in total. The van der Waals surface area contributed by atoms with Crippen LogP contribution in [0.2, 0.25) is 0 Å². The van der Waals surface area contributed by atoms with E-state index in [0.29, 0.717) is 0 Å². The van der Waals surface area contributed by atoms with Crippen molar-refractivity contribution in [2.24, 2.45) is 0 Å². The number of likely N-dealkylation sites (N-methyl/N-ethyl adjacent to an activating group) is 1. The second kappa shape index (κ2) is 4.81. The Kier molecular flexibility index (Phi) is 3.66. The second-order valence-electron chi connectivity index (χ2n) is 3.73. The van der Waals surface area contributed by atoms with Gasteiger partial charge < -0.3 is 15.7 Å². The normalized spacial score (nSPS) is 21.3. The monoisotopic (exact) mass is 243 g/mol. The molecule has 0 aromatic rings. The molecule has 0 saturated carbocycles. The van der Waals surface area contributed by atoms with Gasteiger partial charge in [-0.1, -0.05) is 0 Å². The standard InChI is InChI=1S/C9H13N3O5/c1-4(8(15)16)10-9(17)11-5-3-6(13)12(2)7(5)14/h4-5H,3H2,1-2H3,(H,15,16)(H2,10,11,17). The maximum Gasteiger partial charge on any atom is 0.325 e. The van der Waals surface area contributed by atoms with E-state index in [-0.39, 0.29) is 12.3 Å². The predicted molar refractivity (Wildman–Crippen MR) is 54.9 cm³/mol. The molecule has 0 radical (unpaired) electrons. The van der Waals surface area contributed by atoms with E-state index in [0.717, 1.165) is 4.90 Å². The van der Waals surface area contributed by atoms with Gasteiger partial charge in [-0.3, -0.25) is 19.3 Å². The molecule has 8 nitrogen and oxygen atoms in total. The molecule has 94 valence electrons. The minimum Gasteiger partial charge on any atom is -0.480 e. The van der Waals surface area contributed by atoms with E-state index in [1.807, 2.05) is 0 Å². The van der Waals surface area contributed by atoms with Crippen LogP contribution in [0.25, 0.3) is 0 Å². The molecular formula is C9H13N3O5. The number of nitrogens with one attached hydrogen (secondary N) is 2. The average Bonchev–Trinajstić information content (AvgIpc) is 2.46. The summed E-state index contributed by atoms with van der Waals surface area (Å²) in [6.45, 7) is 1.29. The van der Waals surface area contributed by atoms with Gasteiger partial charge in [0.15, 0.2) is 0 Å². The molecule has 0 aromatic heterocycles. The van der Waals surface area contributed by atoms with Crippen LogP contribution < -0.4 is 10.6 Å². The maximum absolute atomic E-state index is 11.4. The molecule has 0 aromatic carbocycles. The van der Waals surface area contributed by atoms with Gasteiger partial charge in [0.05, 0.1) is 6.42 Å². The molecule has 1 aliphatic heterocycles. The van der Waals surface area contributed by atoms with Crippen LogP contribution in [0.4, 0.5) is 4.79 Å². The number of urea groups is 1. The van der Waals surface area contributed by atoms with Gasteiger partial charge >= 0.3 is 12.0 Å². The van der Waals surface area contributed by atoms with Crippen molar-refractivity contribution in [3.63, 3.8) is 0 Å². The number of nitrogens with zero attached hydrogens (tertiary/aromatic N) is 1. The Balaban J connectivity index is 2.50. The largest absolute Gasteiger partial charge is 0.480 e. The molecule has 0 spiro atoms. The van der Waals surface area contributed by atoms with Crippen molar-refractivity contribution in [2.75, 3.05) is 7.05 Å². The summed E-state index contributed by atoms with van der Waals surface area (Å²) in [5.41, 5.74) is 0. The lowest BCUT2D eigenvalue weighted by Gasteiger charge is -2.14. The quantitative estimate of drug-likeness (QED) is 0.522. The summed E-state index contributed by atoms with van der Waals surface area (Å²) in [5.74, 6) is -2.08. The zero-order valence-electron chi connectivity index (χ0n) is 9.39. The number of carbonyl (C=O) groups excluding carboxylic acids is 3. The van der Waals surface area contributed by atoms with Crippen molar-refractivity contribution in [1.82, 2.24) is 15.5 Å². The molecular weight excluding hydrogens is 230 g/mol. The Morgan fingerprint density at radius 1 is 1.47 bits per heavy atom. The summed E-state index contributed by atoms with van der Waals surface area (Å²) in [7, 11) is 1.32. The van der Waals surface area contributed by atoms with Gasteiger partial charge in [-0.15, -0.1) is 0 Å². The van der Waals surface area contributed by atoms with Crippen molar-refractivity contribution in [3.8, 4) is 0 Å². The Bertz CT molecular complexity index is 381. The Morgan fingerprint density at radius 3 is 2.47 bits per heavy atom. The lowest BCUT2D eigenvalue weighted by atomic mass is 10.2. The lowest BCUT2D eigenvalue weighted by molar-refractivity contribution is -0.139. The second-order valence-corrected chi connectivity index (χ2v) is 3.73. The van der Waals surface area contributed by atoms with E-state index in [1.54, 1.807) is 0 Å². The Morgan fingerprint density at radius 2 is 2.06 bits per heavy atom. The zero-order valence-corrected chi connectivity index (χ0v) is 9.39. The van der Waals surface area contributed by atoms with Crippen LogP contribution in [0.1, 0.15) is 13.3 Å². The first-order valence-corrected chi connectivity index (χ1v) is 4.93. The number of carbonyl (C=O) groups is 4. The summed E-state index contributed by atoms with van der Waals surface area (Å²) in [5, 5.41) is 12.9. The van der Waals surface area contributed by atoms with Crippen LogP contribution in [-0.2, 0) is 14.4 Å². The number of rotatable bonds is 3. The third kappa shape index (κ3) is 2.92. The van der Waals surface area contributed by atoms with E-state index in [1.165, 1.54) is 14.0 Å². The molecule has 8 heteroatoms. The number of aliphatic carboxylic acids is 1. The van der Waals surface area contributed by atoms with Crippen molar-refractivity contribution in [2.45, 2.75) is 25.4 Å². The van der Waals surface area contributed by atoms with Crippen molar-refractivity contribution < 1.29 is 24.3 Å². The van der Waals surface area contributed by atoms with Crippen LogP contribution in [0.3, 0.4) is 0 Å². The molecule has 2 unspecified atom stereocenters. The number of hydrogen-bond donors (Lipinski definition) is 3. The Hall–Kier alpha value is -2.12. The lowest BCUT2D eigenvalue weighted by Crippen LogP contribution is -2.49. The number of imide groups is 1. The minimum absolute atomic E-state index is 0.107. The van der Waals surface area contributed by atoms with Gasteiger partial charge in [0, 0.05) is 7.05 Å². The first kappa shape index (κ1) is 12.9. The fraction of sp³-hybridized carbons (Fsp3) is 0.556. The molecule has 1 fully saturated rings. The van der Waals surface area contributed by atoms with Gasteiger partial charge in [-0.05, 0) is 6.92 Å². The van der Waals surface area contributed by atoms with Gasteiger partial charge in [0.2, 0.25) is 5.91 Å². The van der Waals surface area contributed by atoms with Crippen LogP contribution in [0.15, 0.2) is 0 Å². The van der Waals surface area contributed by atoms with Gasteiger partial charge in [-0.25, -0.2) is 4.79 Å². The van der Waals surface area contributed by atoms with Gasteiger partial charge in [-0.2, -0.15) is 0 Å². The van der Waals surface area contributed by atoms with Crippen LogP contribution in [-0.4, -0.2) is 53.0 Å². The molecule has 0 aliphatic carbocycles. The SMILES string of the molecule is CC(NC(=O)NC1CC(=O)N(C)C1=O)C(=O)O. The number of hydrogen-bond acceptors (Lipinski definition) is 4.